The second-order valence-electron chi connectivity index (χ2n) is 7.58. The van der Waals surface area contributed by atoms with Crippen LogP contribution < -0.4 is 10.2 Å². The summed E-state index contributed by atoms with van der Waals surface area (Å²) in [6, 6.07) is 1.72. The van der Waals surface area contributed by atoms with Crippen molar-refractivity contribution in [2.24, 2.45) is 13.0 Å². The fourth-order valence-electron chi connectivity index (χ4n) is 4.67. The van der Waals surface area contributed by atoms with Crippen molar-refractivity contribution in [1.29, 1.82) is 0 Å². The quantitative estimate of drug-likeness (QED) is 0.890. The molecule has 3 aliphatic rings. The highest BCUT2D eigenvalue weighted by Gasteiger charge is 2.40. The van der Waals surface area contributed by atoms with Crippen LogP contribution in [0.2, 0.25) is 0 Å². The van der Waals surface area contributed by atoms with Gasteiger partial charge in [0, 0.05) is 38.4 Å². The molecule has 0 unspecified atom stereocenters. The molecule has 0 spiro atoms. The lowest BCUT2D eigenvalue weighted by Crippen LogP contribution is -2.56. The number of anilines is 1. The van der Waals surface area contributed by atoms with E-state index < -0.39 is 6.04 Å². The molecule has 1 saturated carbocycles. The second-order valence-corrected chi connectivity index (χ2v) is 7.58. The Kier molecular flexibility index (Phi) is 4.39. The van der Waals surface area contributed by atoms with Crippen LogP contribution in [-0.4, -0.2) is 51.8 Å². The molecular weight excluding hydrogens is 318 g/mol. The molecule has 0 radical (unpaired) electrons. The lowest BCUT2D eigenvalue weighted by Gasteiger charge is -2.35. The summed E-state index contributed by atoms with van der Waals surface area (Å²) >= 11 is 0. The first kappa shape index (κ1) is 16.4. The standard InChI is InChI=1S/C18H27N5O2/c1-21-11-9-16(20-21)23-10-4-6-14(17(23)24)19-18(25)22-12-8-13-5-2-3-7-15(13)22/h9,11,13-15H,2-8,10,12H2,1H3,(H,19,25)/t13-,14-,15-/m1/s1. The molecule has 1 aromatic rings. The largest absolute Gasteiger partial charge is 0.326 e. The highest BCUT2D eigenvalue weighted by atomic mass is 16.2. The van der Waals surface area contributed by atoms with E-state index in [4.69, 9.17) is 0 Å². The van der Waals surface area contributed by atoms with Gasteiger partial charge in [-0.1, -0.05) is 12.8 Å². The predicted octanol–water partition coefficient (Wildman–Crippen LogP) is 1.89. The van der Waals surface area contributed by atoms with Crippen molar-refractivity contribution in [2.45, 2.75) is 57.0 Å². The number of fused-ring (bicyclic) bond motifs is 1. The minimum absolute atomic E-state index is 0.0438. The summed E-state index contributed by atoms with van der Waals surface area (Å²) < 4.78 is 1.69. The van der Waals surface area contributed by atoms with E-state index in [1.54, 1.807) is 9.58 Å². The lowest BCUT2D eigenvalue weighted by molar-refractivity contribution is -0.121. The molecule has 1 aromatic heterocycles. The zero-order valence-corrected chi connectivity index (χ0v) is 14.9. The fraction of sp³-hybridized carbons (Fsp3) is 0.722. The average Bonchev–Trinajstić information content (AvgIpc) is 3.23. The lowest BCUT2D eigenvalue weighted by atomic mass is 9.85. The number of aromatic nitrogens is 2. The van der Waals surface area contributed by atoms with E-state index >= 15 is 0 Å². The number of hydrogen-bond donors (Lipinski definition) is 1. The van der Waals surface area contributed by atoms with Crippen LogP contribution in [0.15, 0.2) is 12.3 Å². The molecule has 136 valence electrons. The van der Waals surface area contributed by atoms with E-state index in [9.17, 15) is 9.59 Å². The number of nitrogens with one attached hydrogen (secondary N) is 1. The first-order valence-corrected chi connectivity index (χ1v) is 9.51. The molecule has 0 aromatic carbocycles. The fourth-order valence-corrected chi connectivity index (χ4v) is 4.67. The maximum absolute atomic E-state index is 12.8. The van der Waals surface area contributed by atoms with E-state index in [1.165, 1.54) is 19.3 Å². The van der Waals surface area contributed by atoms with Crippen LogP contribution in [0.4, 0.5) is 10.6 Å². The van der Waals surface area contributed by atoms with Gasteiger partial charge in [0.15, 0.2) is 5.82 Å². The molecule has 25 heavy (non-hydrogen) atoms. The molecule has 0 bridgehead atoms. The number of hydrogen-bond acceptors (Lipinski definition) is 3. The van der Waals surface area contributed by atoms with Gasteiger partial charge in [0.2, 0.25) is 0 Å². The van der Waals surface area contributed by atoms with Crippen molar-refractivity contribution < 1.29 is 9.59 Å². The number of rotatable bonds is 2. The van der Waals surface area contributed by atoms with Gasteiger partial charge in [0.05, 0.1) is 0 Å². The van der Waals surface area contributed by atoms with Crippen LogP contribution in [-0.2, 0) is 11.8 Å². The van der Waals surface area contributed by atoms with Crippen LogP contribution in [0, 0.1) is 5.92 Å². The minimum atomic E-state index is -0.439. The van der Waals surface area contributed by atoms with Gasteiger partial charge in [-0.25, -0.2) is 4.79 Å². The Morgan fingerprint density at radius 2 is 2.00 bits per heavy atom. The van der Waals surface area contributed by atoms with Gasteiger partial charge >= 0.3 is 6.03 Å². The molecule has 7 nitrogen and oxygen atoms in total. The Morgan fingerprint density at radius 3 is 2.80 bits per heavy atom. The molecule has 1 N–H and O–H groups in total. The summed E-state index contributed by atoms with van der Waals surface area (Å²) in [6.45, 7) is 1.49. The molecule has 3 fully saturated rings. The van der Waals surface area contributed by atoms with Crippen molar-refractivity contribution in [3.05, 3.63) is 12.3 Å². The highest BCUT2D eigenvalue weighted by Crippen LogP contribution is 2.36. The second kappa shape index (κ2) is 6.69. The molecule has 3 amide bonds. The number of likely N-dealkylation sites (tertiary alicyclic amines) is 1. The third kappa shape index (κ3) is 3.12. The van der Waals surface area contributed by atoms with Crippen molar-refractivity contribution >= 4 is 17.8 Å². The molecule has 7 heteroatoms. The van der Waals surface area contributed by atoms with Crippen LogP contribution in [0.1, 0.15) is 44.9 Å². The van der Waals surface area contributed by atoms with Gasteiger partial charge in [-0.05, 0) is 38.0 Å². The third-order valence-electron chi connectivity index (χ3n) is 5.98. The summed E-state index contributed by atoms with van der Waals surface area (Å²) in [5.41, 5.74) is 0. The molecule has 4 rings (SSSR count). The SMILES string of the molecule is Cn1ccc(N2CCC[C@@H](NC(=O)N3CC[C@H]4CCCC[C@H]43)C2=O)n1. The minimum Gasteiger partial charge on any atom is -0.326 e. The third-order valence-corrected chi connectivity index (χ3v) is 5.98. The van der Waals surface area contributed by atoms with E-state index in [2.05, 4.69) is 10.4 Å². The Morgan fingerprint density at radius 1 is 1.16 bits per heavy atom. The topological polar surface area (TPSA) is 70.5 Å². The van der Waals surface area contributed by atoms with Crippen molar-refractivity contribution in [3.63, 3.8) is 0 Å². The van der Waals surface area contributed by atoms with Gasteiger partial charge in [0.25, 0.3) is 5.91 Å². The molecule has 3 atom stereocenters. The monoisotopic (exact) mass is 345 g/mol. The number of amides is 3. The molecular formula is C18H27N5O2. The number of aryl methyl sites for hydroxylation is 1. The van der Waals surface area contributed by atoms with Gasteiger partial charge in [-0.15, -0.1) is 0 Å². The normalized spacial score (nSPS) is 29.6. The summed E-state index contributed by atoms with van der Waals surface area (Å²) in [7, 11) is 1.84. The van der Waals surface area contributed by atoms with Crippen molar-refractivity contribution in [1.82, 2.24) is 20.0 Å². The smallest absolute Gasteiger partial charge is 0.318 e. The molecule has 2 saturated heterocycles. The van der Waals surface area contributed by atoms with Crippen molar-refractivity contribution in [2.75, 3.05) is 18.0 Å². The molecule has 3 heterocycles. The van der Waals surface area contributed by atoms with Crippen LogP contribution in [0.25, 0.3) is 0 Å². The van der Waals surface area contributed by atoms with E-state index in [-0.39, 0.29) is 11.9 Å². The number of piperidine rings is 1. The number of nitrogens with zero attached hydrogens (tertiary/aromatic N) is 4. The first-order valence-electron chi connectivity index (χ1n) is 9.51. The predicted molar refractivity (Wildman–Crippen MR) is 94.2 cm³/mol. The number of carbonyl (C=O) groups excluding carboxylic acids is 2. The van der Waals surface area contributed by atoms with Gasteiger partial charge in [0.1, 0.15) is 6.04 Å². The van der Waals surface area contributed by atoms with Crippen LogP contribution in [0.3, 0.4) is 0 Å². The van der Waals surface area contributed by atoms with Gasteiger partial charge < -0.3 is 10.2 Å². The number of urea groups is 1. The summed E-state index contributed by atoms with van der Waals surface area (Å²) in [6.07, 6.45) is 9.36. The summed E-state index contributed by atoms with van der Waals surface area (Å²) in [4.78, 5) is 29.3. The van der Waals surface area contributed by atoms with Crippen LogP contribution in [0.5, 0.6) is 0 Å². The zero-order valence-electron chi connectivity index (χ0n) is 14.9. The van der Waals surface area contributed by atoms with Gasteiger partial charge in [-0.2, -0.15) is 5.10 Å². The Labute approximate surface area is 148 Å². The van der Waals surface area contributed by atoms with E-state index in [0.29, 0.717) is 30.7 Å². The maximum atomic E-state index is 12.8. The van der Waals surface area contributed by atoms with Crippen molar-refractivity contribution in [3.8, 4) is 0 Å². The van der Waals surface area contributed by atoms with Crippen LogP contribution >= 0.6 is 0 Å². The highest BCUT2D eigenvalue weighted by molar-refractivity contribution is 5.99. The van der Waals surface area contributed by atoms with E-state index in [0.717, 1.165) is 25.8 Å². The zero-order chi connectivity index (χ0) is 17.4. The number of carbonyl (C=O) groups is 2. The van der Waals surface area contributed by atoms with Gasteiger partial charge in [-0.3, -0.25) is 14.4 Å². The Hall–Kier alpha value is -2.05. The summed E-state index contributed by atoms with van der Waals surface area (Å²) in [5, 5.41) is 7.34. The first-order chi connectivity index (χ1) is 12.1. The Bertz CT molecular complexity index is 658. The van der Waals surface area contributed by atoms with E-state index in [1.807, 2.05) is 24.2 Å². The summed E-state index contributed by atoms with van der Waals surface area (Å²) in [5.74, 6) is 1.28. The molecule has 1 aliphatic carbocycles. The molecule has 2 aliphatic heterocycles. The Balaban J connectivity index is 1.41. The maximum Gasteiger partial charge on any atom is 0.318 e. The average molecular weight is 345 g/mol.